The van der Waals surface area contributed by atoms with Crippen molar-refractivity contribution in [2.45, 2.75) is 6.92 Å². The van der Waals surface area contributed by atoms with Gasteiger partial charge in [-0.3, -0.25) is 9.59 Å². The second kappa shape index (κ2) is 6.96. The molecule has 1 N–H and O–H groups in total. The van der Waals surface area contributed by atoms with Crippen LogP contribution in [0.1, 0.15) is 17.3 Å². The van der Waals surface area contributed by atoms with E-state index in [1.807, 2.05) is 36.4 Å². The Morgan fingerprint density at radius 1 is 0.926 bits per heavy atom. The number of rotatable bonds is 5. The van der Waals surface area contributed by atoms with E-state index in [0.717, 1.165) is 21.9 Å². The minimum atomic E-state index is -0.333. The van der Waals surface area contributed by atoms with Crippen LogP contribution in [0, 0.1) is 0 Å². The first-order valence-corrected chi connectivity index (χ1v) is 8.56. The Hall–Kier alpha value is -3.60. The lowest BCUT2D eigenvalue weighted by molar-refractivity contribution is -0.118. The van der Waals surface area contributed by atoms with E-state index in [1.54, 1.807) is 30.3 Å². The van der Waals surface area contributed by atoms with Gasteiger partial charge in [-0.15, -0.1) is 0 Å². The summed E-state index contributed by atoms with van der Waals surface area (Å²) >= 11 is 0. The SMILES string of the molecule is CC(=O)c1ccccc1NC(=O)COc1ccc2oc3ccccc3c2c1. The number of nitrogens with one attached hydrogen (secondary N) is 1. The summed E-state index contributed by atoms with van der Waals surface area (Å²) in [6.45, 7) is 1.31. The fourth-order valence-corrected chi connectivity index (χ4v) is 3.03. The molecule has 0 aliphatic heterocycles. The molecule has 3 aromatic carbocycles. The molecule has 0 radical (unpaired) electrons. The van der Waals surface area contributed by atoms with Crippen LogP contribution in [0.2, 0.25) is 0 Å². The molecule has 0 fully saturated rings. The first-order chi connectivity index (χ1) is 13.1. The zero-order valence-corrected chi connectivity index (χ0v) is 14.7. The first kappa shape index (κ1) is 16.8. The number of fused-ring (bicyclic) bond motifs is 3. The number of hydrogen-bond acceptors (Lipinski definition) is 4. The summed E-state index contributed by atoms with van der Waals surface area (Å²) in [7, 11) is 0. The first-order valence-electron chi connectivity index (χ1n) is 8.56. The van der Waals surface area contributed by atoms with E-state index in [1.165, 1.54) is 6.92 Å². The molecule has 0 atom stereocenters. The monoisotopic (exact) mass is 359 g/mol. The number of ether oxygens (including phenoxy) is 1. The molecule has 0 unspecified atom stereocenters. The Morgan fingerprint density at radius 3 is 2.52 bits per heavy atom. The third-order valence-corrected chi connectivity index (χ3v) is 4.30. The number of carbonyl (C=O) groups excluding carboxylic acids is 2. The number of furan rings is 1. The van der Waals surface area contributed by atoms with Crippen molar-refractivity contribution in [1.29, 1.82) is 0 Å². The third-order valence-electron chi connectivity index (χ3n) is 4.30. The molecule has 0 saturated heterocycles. The maximum Gasteiger partial charge on any atom is 0.262 e. The van der Waals surface area contributed by atoms with Crippen LogP contribution in [-0.4, -0.2) is 18.3 Å². The van der Waals surface area contributed by atoms with Crippen molar-refractivity contribution in [3.8, 4) is 5.75 Å². The molecule has 4 aromatic rings. The number of para-hydroxylation sites is 2. The molecule has 1 heterocycles. The van der Waals surface area contributed by atoms with Crippen molar-refractivity contribution in [2.24, 2.45) is 0 Å². The fourth-order valence-electron chi connectivity index (χ4n) is 3.03. The Labute approximate surface area is 155 Å². The van der Waals surface area contributed by atoms with Gasteiger partial charge in [0.1, 0.15) is 16.9 Å². The number of hydrogen-bond donors (Lipinski definition) is 1. The van der Waals surface area contributed by atoms with Gasteiger partial charge < -0.3 is 14.5 Å². The molecule has 5 heteroatoms. The second-order valence-corrected chi connectivity index (χ2v) is 6.19. The molecule has 0 spiro atoms. The maximum atomic E-state index is 12.2. The molecule has 1 aromatic heterocycles. The van der Waals surface area contributed by atoms with Crippen molar-refractivity contribution >= 4 is 39.3 Å². The summed E-state index contributed by atoms with van der Waals surface area (Å²) in [5.41, 5.74) is 2.53. The van der Waals surface area contributed by atoms with Crippen LogP contribution in [-0.2, 0) is 4.79 Å². The number of ketones is 1. The molecular formula is C22H17NO4. The van der Waals surface area contributed by atoms with Gasteiger partial charge in [0, 0.05) is 16.3 Å². The summed E-state index contributed by atoms with van der Waals surface area (Å²) in [6.07, 6.45) is 0. The van der Waals surface area contributed by atoms with Crippen molar-refractivity contribution in [1.82, 2.24) is 0 Å². The van der Waals surface area contributed by atoms with Gasteiger partial charge in [-0.25, -0.2) is 0 Å². The molecular weight excluding hydrogens is 342 g/mol. The molecule has 0 aliphatic carbocycles. The van der Waals surface area contributed by atoms with Gasteiger partial charge in [-0.05, 0) is 43.3 Å². The topological polar surface area (TPSA) is 68.5 Å². The second-order valence-electron chi connectivity index (χ2n) is 6.19. The highest BCUT2D eigenvalue weighted by atomic mass is 16.5. The summed E-state index contributed by atoms with van der Waals surface area (Å²) in [4.78, 5) is 23.9. The average molecular weight is 359 g/mol. The smallest absolute Gasteiger partial charge is 0.262 e. The molecule has 0 bridgehead atoms. The maximum absolute atomic E-state index is 12.2. The van der Waals surface area contributed by atoms with Gasteiger partial charge in [0.05, 0.1) is 5.69 Å². The van der Waals surface area contributed by atoms with Gasteiger partial charge in [-0.1, -0.05) is 30.3 Å². The molecule has 0 saturated carbocycles. The van der Waals surface area contributed by atoms with E-state index in [2.05, 4.69) is 5.32 Å². The quantitative estimate of drug-likeness (QED) is 0.519. The largest absolute Gasteiger partial charge is 0.484 e. The van der Waals surface area contributed by atoms with Crippen LogP contribution >= 0.6 is 0 Å². The number of amides is 1. The predicted molar refractivity (Wildman–Crippen MR) is 104 cm³/mol. The van der Waals surface area contributed by atoms with Crippen molar-refractivity contribution in [2.75, 3.05) is 11.9 Å². The van der Waals surface area contributed by atoms with Crippen molar-refractivity contribution in [3.63, 3.8) is 0 Å². The van der Waals surface area contributed by atoms with E-state index < -0.39 is 0 Å². The molecule has 134 valence electrons. The Bertz CT molecular complexity index is 1160. The van der Waals surface area contributed by atoms with Gasteiger partial charge >= 0.3 is 0 Å². The van der Waals surface area contributed by atoms with Gasteiger partial charge in [0.25, 0.3) is 5.91 Å². The number of anilines is 1. The highest BCUT2D eigenvalue weighted by molar-refractivity contribution is 6.05. The fraction of sp³-hybridized carbons (Fsp3) is 0.0909. The lowest BCUT2D eigenvalue weighted by Gasteiger charge is -2.10. The van der Waals surface area contributed by atoms with Crippen molar-refractivity contribution < 1.29 is 18.7 Å². The third kappa shape index (κ3) is 3.40. The number of carbonyl (C=O) groups is 2. The summed E-state index contributed by atoms with van der Waals surface area (Å²) < 4.78 is 11.4. The Kier molecular flexibility index (Phi) is 4.34. The molecule has 1 amide bonds. The Morgan fingerprint density at radius 2 is 1.67 bits per heavy atom. The molecule has 5 nitrogen and oxygen atoms in total. The van der Waals surface area contributed by atoms with Gasteiger partial charge in [0.2, 0.25) is 0 Å². The lowest BCUT2D eigenvalue weighted by atomic mass is 10.1. The van der Waals surface area contributed by atoms with Crippen LogP contribution in [0.25, 0.3) is 21.9 Å². The Balaban J connectivity index is 1.49. The van der Waals surface area contributed by atoms with Crippen LogP contribution in [0.4, 0.5) is 5.69 Å². The minimum Gasteiger partial charge on any atom is -0.484 e. The van der Waals surface area contributed by atoms with E-state index in [0.29, 0.717) is 17.0 Å². The zero-order chi connectivity index (χ0) is 18.8. The van der Waals surface area contributed by atoms with Crippen LogP contribution in [0.5, 0.6) is 5.75 Å². The predicted octanol–water partition coefficient (Wildman–Crippen LogP) is 4.81. The molecule has 4 rings (SSSR count). The molecule has 27 heavy (non-hydrogen) atoms. The van der Waals surface area contributed by atoms with Crippen LogP contribution in [0.15, 0.2) is 71.1 Å². The van der Waals surface area contributed by atoms with E-state index >= 15 is 0 Å². The average Bonchev–Trinajstić information content (AvgIpc) is 3.04. The minimum absolute atomic E-state index is 0.107. The van der Waals surface area contributed by atoms with E-state index in [-0.39, 0.29) is 18.3 Å². The van der Waals surface area contributed by atoms with Crippen LogP contribution in [0.3, 0.4) is 0 Å². The van der Waals surface area contributed by atoms with E-state index in [4.69, 9.17) is 9.15 Å². The van der Waals surface area contributed by atoms with E-state index in [9.17, 15) is 9.59 Å². The lowest BCUT2D eigenvalue weighted by Crippen LogP contribution is -2.21. The highest BCUT2D eigenvalue weighted by Crippen LogP contribution is 2.31. The molecule has 0 aliphatic rings. The summed E-state index contributed by atoms with van der Waals surface area (Å²) in [5, 5.41) is 4.65. The highest BCUT2D eigenvalue weighted by Gasteiger charge is 2.11. The van der Waals surface area contributed by atoms with Crippen molar-refractivity contribution in [3.05, 3.63) is 72.3 Å². The summed E-state index contributed by atoms with van der Waals surface area (Å²) in [6, 6.07) is 20.1. The zero-order valence-electron chi connectivity index (χ0n) is 14.7. The number of Topliss-reactive ketones (excluding diaryl/α,β-unsaturated/α-hetero) is 1. The normalized spacial score (nSPS) is 10.9. The van der Waals surface area contributed by atoms with Crippen LogP contribution < -0.4 is 10.1 Å². The summed E-state index contributed by atoms with van der Waals surface area (Å²) in [5.74, 6) is 0.133. The standard InChI is InChI=1S/C22H17NO4/c1-14(24)16-6-2-4-8-19(16)23-22(25)13-26-15-10-11-21-18(12-15)17-7-3-5-9-20(17)27-21/h2-12H,13H2,1H3,(H,23,25). The van der Waals surface area contributed by atoms with Gasteiger partial charge in [-0.2, -0.15) is 0 Å². The number of benzene rings is 3. The van der Waals surface area contributed by atoms with Gasteiger partial charge in [0.15, 0.2) is 12.4 Å².